The minimum atomic E-state index is -1.75. The monoisotopic (exact) mass is 592 g/mol. The summed E-state index contributed by atoms with van der Waals surface area (Å²) >= 11 is 0. The number of aromatic nitrogens is 1. The normalized spacial score (nSPS) is 10.9. The van der Waals surface area contributed by atoms with Crippen LogP contribution in [0.25, 0.3) is 0 Å². The Morgan fingerprint density at radius 3 is 1.30 bits per heavy atom. The van der Waals surface area contributed by atoms with Crippen molar-refractivity contribution in [1.82, 2.24) is 15.8 Å². The second kappa shape index (κ2) is 26.7. The summed E-state index contributed by atoms with van der Waals surface area (Å²) in [6.07, 6.45) is -2.32. The molecule has 1 rings (SSSR count). The van der Waals surface area contributed by atoms with E-state index in [0.29, 0.717) is 22.8 Å². The number of hydrazone groups is 2. The number of rotatable bonds is 6. The van der Waals surface area contributed by atoms with Gasteiger partial charge in [-0.1, -0.05) is 6.07 Å². The van der Waals surface area contributed by atoms with E-state index in [1.807, 2.05) is 0 Å². The van der Waals surface area contributed by atoms with Gasteiger partial charge in [-0.3, -0.25) is 9.59 Å². The van der Waals surface area contributed by atoms with E-state index in [1.165, 1.54) is 13.8 Å². The van der Waals surface area contributed by atoms with Crippen molar-refractivity contribution in [3.8, 4) is 0 Å². The van der Waals surface area contributed by atoms with Crippen molar-refractivity contribution >= 4 is 23.2 Å². The number of aliphatic hydroxyl groups is 2. The molecule has 21 nitrogen and oxygen atoms in total. The van der Waals surface area contributed by atoms with Gasteiger partial charge in [0.25, 0.3) is 11.8 Å². The van der Waals surface area contributed by atoms with E-state index in [4.69, 9.17) is 40.9 Å². The predicted molar refractivity (Wildman–Crippen MR) is 126 cm³/mol. The van der Waals surface area contributed by atoms with E-state index in [1.54, 1.807) is 32.0 Å². The van der Waals surface area contributed by atoms with Crippen molar-refractivity contribution in [1.29, 1.82) is 0 Å². The van der Waals surface area contributed by atoms with Crippen LogP contribution >= 0.6 is 0 Å². The standard InChI is InChI=1S/C15H21N5O4.Co.2NO3.4H2O/c1-8(17-19-14(23)10(3)21)12-6-5-7-13(16-12)9(2)18-20-15(24)11(4)22;;2*2-1(3)4;;;;/h5-7,10-11,21-22H,1-4H3,(H,19,23)(H,20,24);;;;4*1H2/q;+2;2*-1;;;;/p+2/b17-8+,18-9+;;;;;;;/t10-,11-;;;;;;;/m0......./s1. The van der Waals surface area contributed by atoms with Crippen molar-refractivity contribution in [3.05, 3.63) is 60.2 Å². The smallest absolute Gasteiger partial charge is 0.457 e. The van der Waals surface area contributed by atoms with Crippen LogP contribution in [0.3, 0.4) is 0 Å². The third-order valence-electron chi connectivity index (χ3n) is 2.92. The second-order valence-electron chi connectivity index (χ2n) is 5.55. The maximum atomic E-state index is 11.3. The SMILES string of the molecule is C/C(=N\NC(=O)[C@H](C)O)c1cccc(/C(C)=N/NC(=O)[C@H](C)O)n1.O.O.O=[N+]([O-])[O-].O=[N+]([O-])[O-].[Co+2].[OH3+].[OH3+]. The molecule has 0 fully saturated rings. The van der Waals surface area contributed by atoms with E-state index in [0.717, 1.165) is 0 Å². The minimum Gasteiger partial charge on any atom is -0.457 e. The fourth-order valence-electron chi connectivity index (χ4n) is 1.42. The molecule has 2 atom stereocenters. The van der Waals surface area contributed by atoms with E-state index < -0.39 is 34.2 Å². The number of hydrogen-bond acceptors (Lipinski definition) is 13. The average molecular weight is 592 g/mol. The maximum Gasteiger partial charge on any atom is 2.00 e. The molecule has 1 heterocycles. The van der Waals surface area contributed by atoms with Crippen LogP contribution in [-0.2, 0) is 37.3 Å². The largest absolute Gasteiger partial charge is 2.00 e. The zero-order valence-electron chi connectivity index (χ0n) is 19.8. The molecule has 0 aliphatic heterocycles. The molecule has 1 radical (unpaired) electrons. The number of nitrogens with one attached hydrogen (secondary N) is 2. The molecule has 1 aromatic heterocycles. The Bertz CT molecular complexity index is 794. The summed E-state index contributed by atoms with van der Waals surface area (Å²) in [6, 6.07) is 5.11. The Hall–Kier alpha value is -3.90. The Morgan fingerprint density at radius 1 is 0.838 bits per heavy atom. The Kier molecular flexibility index (Phi) is 36.1. The number of aliphatic hydroxyl groups excluding tert-OH is 2. The predicted octanol–water partition coefficient (Wildman–Crippen LogP) is -4.45. The number of amides is 2. The molecule has 0 saturated carbocycles. The maximum absolute atomic E-state index is 11.3. The Labute approximate surface area is 218 Å². The Balaban J connectivity index is -0.000000122. The van der Waals surface area contributed by atoms with Crippen LogP contribution in [0.15, 0.2) is 28.4 Å². The molecule has 0 bridgehead atoms. The van der Waals surface area contributed by atoms with Crippen LogP contribution in [0.2, 0.25) is 0 Å². The second-order valence-corrected chi connectivity index (χ2v) is 5.55. The van der Waals surface area contributed by atoms with Crippen LogP contribution in [0.5, 0.6) is 0 Å². The summed E-state index contributed by atoms with van der Waals surface area (Å²) in [7, 11) is 0. The molecule has 0 spiro atoms. The first kappa shape index (κ1) is 50.1. The van der Waals surface area contributed by atoms with Crippen LogP contribution in [0, 0.1) is 30.6 Å². The summed E-state index contributed by atoms with van der Waals surface area (Å²) in [5.74, 6) is -1.24. The molecule has 22 heteroatoms. The fraction of sp³-hybridized carbons (Fsp3) is 0.400. The summed E-state index contributed by atoms with van der Waals surface area (Å²) in [5, 5.41) is 55.4. The number of pyridine rings is 1. The molecular formula is C15H31CoN7O14+2. The molecular weight excluding hydrogens is 561 g/mol. The quantitative estimate of drug-likeness (QED) is 0.106. The molecule has 0 saturated heterocycles. The van der Waals surface area contributed by atoms with Gasteiger partial charge in [0.1, 0.15) is 12.2 Å². The van der Waals surface area contributed by atoms with Crippen molar-refractivity contribution in [2.24, 2.45) is 10.2 Å². The molecule has 14 N–H and O–H groups in total. The number of hydrogen-bond donors (Lipinski definition) is 4. The van der Waals surface area contributed by atoms with E-state index in [9.17, 15) is 9.59 Å². The third-order valence-corrected chi connectivity index (χ3v) is 2.92. The van der Waals surface area contributed by atoms with Crippen LogP contribution in [-0.4, -0.2) is 71.8 Å². The van der Waals surface area contributed by atoms with E-state index >= 15 is 0 Å². The van der Waals surface area contributed by atoms with Gasteiger partial charge < -0.3 is 62.8 Å². The summed E-state index contributed by atoms with van der Waals surface area (Å²) in [6.45, 7) is 5.97. The number of carbonyl (C=O) groups excluding carboxylic acids is 2. The summed E-state index contributed by atoms with van der Waals surface area (Å²) < 4.78 is 0. The molecule has 37 heavy (non-hydrogen) atoms. The molecule has 0 unspecified atom stereocenters. The molecule has 0 aliphatic rings. The third kappa shape index (κ3) is 28.2. The molecule has 2 amide bonds. The first-order valence-electron chi connectivity index (χ1n) is 8.34. The molecule has 217 valence electrons. The molecule has 1 aromatic rings. The van der Waals surface area contributed by atoms with Gasteiger partial charge in [-0.15, -0.1) is 0 Å². The molecule has 0 aliphatic carbocycles. The fourth-order valence-corrected chi connectivity index (χ4v) is 1.42. The van der Waals surface area contributed by atoms with Crippen LogP contribution < -0.4 is 10.9 Å². The zero-order valence-corrected chi connectivity index (χ0v) is 20.8. The van der Waals surface area contributed by atoms with Gasteiger partial charge in [-0.25, -0.2) is 15.8 Å². The van der Waals surface area contributed by atoms with Gasteiger partial charge in [0.05, 0.1) is 33.0 Å². The first-order chi connectivity index (χ1) is 14.7. The first-order valence-corrected chi connectivity index (χ1v) is 8.34. The average Bonchev–Trinajstić information content (AvgIpc) is 2.68. The van der Waals surface area contributed by atoms with Gasteiger partial charge in [-0.2, -0.15) is 10.2 Å². The van der Waals surface area contributed by atoms with Gasteiger partial charge in [-0.05, 0) is 39.8 Å². The van der Waals surface area contributed by atoms with E-state index in [-0.39, 0.29) is 38.7 Å². The number of carbonyl (C=O) groups is 2. The van der Waals surface area contributed by atoms with Crippen molar-refractivity contribution in [3.63, 3.8) is 0 Å². The van der Waals surface area contributed by atoms with Gasteiger partial charge in [0.2, 0.25) is 0 Å². The summed E-state index contributed by atoms with van der Waals surface area (Å²) in [4.78, 5) is 43.4. The van der Waals surface area contributed by atoms with Crippen molar-refractivity contribution in [2.75, 3.05) is 0 Å². The van der Waals surface area contributed by atoms with Gasteiger partial charge in [0.15, 0.2) is 0 Å². The zero-order chi connectivity index (χ0) is 25.4. The van der Waals surface area contributed by atoms with Crippen molar-refractivity contribution < 1.29 is 68.7 Å². The van der Waals surface area contributed by atoms with E-state index in [2.05, 4.69) is 26.0 Å². The topological polar surface area (TPSA) is 398 Å². The Morgan fingerprint density at radius 2 is 1.08 bits per heavy atom. The molecule has 0 aromatic carbocycles. The minimum absolute atomic E-state index is 0. The number of nitrogens with zero attached hydrogens (tertiary/aromatic N) is 5. The van der Waals surface area contributed by atoms with Crippen LogP contribution in [0.4, 0.5) is 0 Å². The van der Waals surface area contributed by atoms with Gasteiger partial charge in [0, 0.05) is 0 Å². The van der Waals surface area contributed by atoms with Gasteiger partial charge >= 0.3 is 16.8 Å². The van der Waals surface area contributed by atoms with Crippen LogP contribution in [0.1, 0.15) is 39.1 Å². The van der Waals surface area contributed by atoms with Crippen molar-refractivity contribution in [2.45, 2.75) is 39.9 Å². The summed E-state index contributed by atoms with van der Waals surface area (Å²) in [5.41, 5.74) is 6.31.